The van der Waals surface area contributed by atoms with Gasteiger partial charge in [0.05, 0.1) is 18.4 Å². The molecule has 0 radical (unpaired) electrons. The van der Waals surface area contributed by atoms with Crippen molar-refractivity contribution in [2.45, 2.75) is 6.92 Å². The van der Waals surface area contributed by atoms with Crippen LogP contribution in [0.15, 0.2) is 36.4 Å². The molecule has 1 aromatic carbocycles. The highest BCUT2D eigenvalue weighted by Gasteiger charge is 2.10. The monoisotopic (exact) mass is 271 g/mol. The number of aryl methyl sites for hydroxylation is 1. The van der Waals surface area contributed by atoms with E-state index < -0.39 is 5.97 Å². The Hall–Kier alpha value is -2.76. The average molecular weight is 271 g/mol. The topological polar surface area (TPSA) is 81.2 Å². The lowest BCUT2D eigenvalue weighted by molar-refractivity contribution is 0.0600. The van der Waals surface area contributed by atoms with E-state index in [2.05, 4.69) is 20.3 Å². The summed E-state index contributed by atoms with van der Waals surface area (Å²) in [5.41, 5.74) is 1.79. The summed E-state index contributed by atoms with van der Waals surface area (Å²) >= 11 is 0. The van der Waals surface area contributed by atoms with E-state index in [1.165, 1.54) is 13.2 Å². The smallest absolute Gasteiger partial charge is 0.337 e. The fourth-order valence-corrected chi connectivity index (χ4v) is 1.56. The van der Waals surface area contributed by atoms with Crippen LogP contribution in [0.1, 0.15) is 26.5 Å². The Kier molecular flexibility index (Phi) is 4.05. The molecule has 2 rings (SSSR count). The van der Waals surface area contributed by atoms with Crippen LogP contribution in [0.5, 0.6) is 0 Å². The van der Waals surface area contributed by atoms with Gasteiger partial charge in [0.25, 0.3) is 5.91 Å². The SMILES string of the molecule is COC(=O)c1cccc(NC(=O)c2ccc(C)nn2)c1. The second-order valence-electron chi connectivity index (χ2n) is 4.09. The number of esters is 1. The Balaban J connectivity index is 2.15. The minimum absolute atomic E-state index is 0.207. The number of anilines is 1. The lowest BCUT2D eigenvalue weighted by Gasteiger charge is -2.06. The van der Waals surface area contributed by atoms with Crippen molar-refractivity contribution in [3.05, 3.63) is 53.3 Å². The first kappa shape index (κ1) is 13.7. The Labute approximate surface area is 115 Å². The highest BCUT2D eigenvalue weighted by atomic mass is 16.5. The standard InChI is InChI=1S/C14H13N3O3/c1-9-6-7-12(17-16-9)13(18)15-11-5-3-4-10(8-11)14(19)20-2/h3-8H,1-2H3,(H,15,18). The molecule has 0 saturated carbocycles. The molecule has 0 fully saturated rings. The van der Waals surface area contributed by atoms with Gasteiger partial charge >= 0.3 is 5.97 Å². The average Bonchev–Trinajstić information content (AvgIpc) is 2.47. The predicted molar refractivity (Wildman–Crippen MR) is 72.5 cm³/mol. The maximum absolute atomic E-state index is 11.9. The Bertz CT molecular complexity index is 638. The number of hydrogen-bond donors (Lipinski definition) is 1. The Morgan fingerprint density at radius 2 is 1.95 bits per heavy atom. The normalized spacial score (nSPS) is 9.90. The van der Waals surface area contributed by atoms with Gasteiger partial charge in [0.2, 0.25) is 0 Å². The fraction of sp³-hybridized carbons (Fsp3) is 0.143. The summed E-state index contributed by atoms with van der Waals surface area (Å²) in [6.07, 6.45) is 0. The number of nitrogens with one attached hydrogen (secondary N) is 1. The maximum atomic E-state index is 11.9. The van der Waals surface area contributed by atoms with Crippen molar-refractivity contribution in [2.24, 2.45) is 0 Å². The summed E-state index contributed by atoms with van der Waals surface area (Å²) in [6.45, 7) is 1.79. The van der Waals surface area contributed by atoms with Crippen molar-refractivity contribution in [3.63, 3.8) is 0 Å². The predicted octanol–water partition coefficient (Wildman–Crippen LogP) is 1.82. The zero-order chi connectivity index (χ0) is 14.5. The molecule has 2 aromatic rings. The van der Waals surface area contributed by atoms with E-state index in [9.17, 15) is 9.59 Å². The number of carbonyl (C=O) groups is 2. The highest BCUT2D eigenvalue weighted by molar-refractivity contribution is 6.03. The van der Waals surface area contributed by atoms with Gasteiger partial charge in [0.1, 0.15) is 0 Å². The molecule has 20 heavy (non-hydrogen) atoms. The Morgan fingerprint density at radius 1 is 1.15 bits per heavy atom. The molecular weight excluding hydrogens is 258 g/mol. The van der Waals surface area contributed by atoms with Crippen molar-refractivity contribution in [1.29, 1.82) is 0 Å². The number of carbonyl (C=O) groups excluding carboxylic acids is 2. The third-order valence-corrected chi connectivity index (χ3v) is 2.57. The van der Waals surface area contributed by atoms with Crippen molar-refractivity contribution in [1.82, 2.24) is 10.2 Å². The van der Waals surface area contributed by atoms with Gasteiger partial charge in [-0.05, 0) is 37.3 Å². The van der Waals surface area contributed by atoms with Gasteiger partial charge in [0.15, 0.2) is 5.69 Å². The van der Waals surface area contributed by atoms with Gasteiger partial charge in [0, 0.05) is 5.69 Å². The molecule has 0 aliphatic carbocycles. The molecule has 1 amide bonds. The summed E-state index contributed by atoms with van der Waals surface area (Å²) in [5.74, 6) is -0.851. The molecule has 6 nitrogen and oxygen atoms in total. The maximum Gasteiger partial charge on any atom is 0.337 e. The van der Waals surface area contributed by atoms with Crippen LogP contribution in [0.25, 0.3) is 0 Å². The van der Waals surface area contributed by atoms with Gasteiger partial charge < -0.3 is 10.1 Å². The summed E-state index contributed by atoms with van der Waals surface area (Å²) in [4.78, 5) is 23.3. The zero-order valence-corrected chi connectivity index (χ0v) is 11.1. The highest BCUT2D eigenvalue weighted by Crippen LogP contribution is 2.12. The summed E-state index contributed by atoms with van der Waals surface area (Å²) in [6, 6.07) is 9.75. The van der Waals surface area contributed by atoms with Crippen molar-refractivity contribution in [3.8, 4) is 0 Å². The zero-order valence-electron chi connectivity index (χ0n) is 11.1. The van der Waals surface area contributed by atoms with Crippen LogP contribution >= 0.6 is 0 Å². The molecule has 0 atom stereocenters. The first-order chi connectivity index (χ1) is 9.60. The molecule has 0 aliphatic rings. The van der Waals surface area contributed by atoms with E-state index in [0.29, 0.717) is 11.3 Å². The van der Waals surface area contributed by atoms with Gasteiger partial charge in [-0.3, -0.25) is 4.79 Å². The quantitative estimate of drug-likeness (QED) is 0.861. The second kappa shape index (κ2) is 5.92. The molecule has 1 heterocycles. The molecule has 6 heteroatoms. The first-order valence-electron chi connectivity index (χ1n) is 5.90. The van der Waals surface area contributed by atoms with Gasteiger partial charge in [-0.15, -0.1) is 5.10 Å². The third kappa shape index (κ3) is 3.17. The number of ether oxygens (including phenoxy) is 1. The van der Waals surface area contributed by atoms with Crippen molar-refractivity contribution < 1.29 is 14.3 Å². The number of aromatic nitrogens is 2. The molecule has 102 valence electrons. The lowest BCUT2D eigenvalue weighted by atomic mass is 10.2. The minimum Gasteiger partial charge on any atom is -0.465 e. The van der Waals surface area contributed by atoms with E-state index >= 15 is 0 Å². The van der Waals surface area contributed by atoms with Crippen LogP contribution in [0.4, 0.5) is 5.69 Å². The number of amides is 1. The molecule has 0 saturated heterocycles. The van der Waals surface area contributed by atoms with Crippen LogP contribution in [-0.4, -0.2) is 29.2 Å². The van der Waals surface area contributed by atoms with Gasteiger partial charge in [-0.1, -0.05) is 6.07 Å². The third-order valence-electron chi connectivity index (χ3n) is 2.57. The Morgan fingerprint density at radius 3 is 2.60 bits per heavy atom. The van der Waals surface area contributed by atoms with E-state index in [-0.39, 0.29) is 11.6 Å². The van der Waals surface area contributed by atoms with E-state index in [1.54, 1.807) is 37.3 Å². The number of rotatable bonds is 3. The van der Waals surface area contributed by atoms with Crippen LogP contribution in [-0.2, 0) is 4.74 Å². The molecule has 0 bridgehead atoms. The first-order valence-corrected chi connectivity index (χ1v) is 5.90. The van der Waals surface area contributed by atoms with Crippen LogP contribution in [0, 0.1) is 6.92 Å². The number of methoxy groups -OCH3 is 1. The van der Waals surface area contributed by atoms with Crippen molar-refractivity contribution in [2.75, 3.05) is 12.4 Å². The lowest BCUT2D eigenvalue weighted by Crippen LogP contribution is -2.15. The molecule has 0 unspecified atom stereocenters. The molecule has 0 aliphatic heterocycles. The molecule has 1 aromatic heterocycles. The molecule has 0 spiro atoms. The van der Waals surface area contributed by atoms with E-state index in [1.807, 2.05) is 0 Å². The van der Waals surface area contributed by atoms with Gasteiger partial charge in [-0.2, -0.15) is 5.10 Å². The summed E-state index contributed by atoms with van der Waals surface area (Å²) < 4.78 is 4.62. The van der Waals surface area contributed by atoms with Crippen LogP contribution < -0.4 is 5.32 Å². The number of hydrogen-bond acceptors (Lipinski definition) is 5. The summed E-state index contributed by atoms with van der Waals surface area (Å²) in [5, 5.41) is 10.3. The van der Waals surface area contributed by atoms with Crippen molar-refractivity contribution >= 4 is 17.6 Å². The molecule has 1 N–H and O–H groups in total. The molecular formula is C14H13N3O3. The minimum atomic E-state index is -0.462. The summed E-state index contributed by atoms with van der Waals surface area (Å²) in [7, 11) is 1.30. The van der Waals surface area contributed by atoms with Crippen LogP contribution in [0.2, 0.25) is 0 Å². The number of benzene rings is 1. The van der Waals surface area contributed by atoms with Gasteiger partial charge in [-0.25, -0.2) is 4.79 Å². The second-order valence-corrected chi connectivity index (χ2v) is 4.09. The fourth-order valence-electron chi connectivity index (χ4n) is 1.56. The van der Waals surface area contributed by atoms with Crippen LogP contribution in [0.3, 0.4) is 0 Å². The largest absolute Gasteiger partial charge is 0.465 e. The van der Waals surface area contributed by atoms with E-state index in [0.717, 1.165) is 5.69 Å². The van der Waals surface area contributed by atoms with E-state index in [4.69, 9.17) is 0 Å². The number of nitrogens with zero attached hydrogens (tertiary/aromatic N) is 2.